The highest BCUT2D eigenvalue weighted by Crippen LogP contribution is 2.42. The Morgan fingerprint density at radius 1 is 0.758 bits per heavy atom. The molecule has 3 aromatic carbocycles. The summed E-state index contributed by atoms with van der Waals surface area (Å²) in [5.41, 5.74) is 14.2. The van der Waals surface area contributed by atoms with E-state index < -0.39 is 0 Å². The summed E-state index contributed by atoms with van der Waals surface area (Å²) in [5, 5.41) is 0. The molecule has 0 aliphatic heterocycles. The maximum atomic E-state index is 2.49. The number of benzene rings is 3. The van der Waals surface area contributed by atoms with Crippen LogP contribution in [0, 0.1) is 13.8 Å². The van der Waals surface area contributed by atoms with Gasteiger partial charge in [0, 0.05) is 0 Å². The second kappa shape index (κ2) is 9.88. The van der Waals surface area contributed by atoms with Crippen molar-refractivity contribution >= 4 is 0 Å². The summed E-state index contributed by atoms with van der Waals surface area (Å²) in [4.78, 5) is 0. The lowest BCUT2D eigenvalue weighted by Gasteiger charge is -2.28. The van der Waals surface area contributed by atoms with E-state index in [1.54, 1.807) is 0 Å². The Morgan fingerprint density at radius 3 is 2.00 bits per heavy atom. The first-order valence-corrected chi connectivity index (χ1v) is 12.9. The van der Waals surface area contributed by atoms with Gasteiger partial charge in [0.2, 0.25) is 0 Å². The predicted octanol–water partition coefficient (Wildman–Crippen LogP) is 10.1. The predicted molar refractivity (Wildman–Crippen MR) is 148 cm³/mol. The maximum absolute atomic E-state index is 2.49. The Bertz CT molecular complexity index is 1120. The number of hydrogen-bond donors (Lipinski definition) is 0. The number of hydrogen-bond acceptors (Lipinski definition) is 0. The molecule has 0 aliphatic carbocycles. The highest BCUT2D eigenvalue weighted by Gasteiger charge is 2.24. The van der Waals surface area contributed by atoms with Crippen molar-refractivity contribution in [1.29, 1.82) is 0 Å². The average molecular weight is 441 g/mol. The van der Waals surface area contributed by atoms with Gasteiger partial charge < -0.3 is 0 Å². The zero-order valence-electron chi connectivity index (χ0n) is 22.7. The van der Waals surface area contributed by atoms with Crippen molar-refractivity contribution in [3.8, 4) is 22.3 Å². The first kappa shape index (κ1) is 25.3. The first-order chi connectivity index (χ1) is 15.5. The monoisotopic (exact) mass is 440 g/mol. The maximum Gasteiger partial charge on any atom is -0.0117 e. The topological polar surface area (TPSA) is 0 Å². The van der Waals surface area contributed by atoms with Crippen LogP contribution in [-0.4, -0.2) is 0 Å². The Kier molecular flexibility index (Phi) is 7.57. The van der Waals surface area contributed by atoms with Gasteiger partial charge in [-0.1, -0.05) is 97.9 Å². The standard InChI is InChI=1S/C33H44/c1-11-22(5)29-15-13-14-23(6)31(29)27-16-24(7)32(30(20-27)33(8,9)10)28-18-25(12-2)17-26(19-28)21(3)4/h13-22H,11-12H2,1-10H3. The molecule has 0 fully saturated rings. The quantitative estimate of drug-likeness (QED) is 0.357. The summed E-state index contributed by atoms with van der Waals surface area (Å²) in [6, 6.07) is 19.0. The van der Waals surface area contributed by atoms with E-state index in [0.717, 1.165) is 12.8 Å². The molecule has 0 radical (unpaired) electrons. The molecule has 0 heterocycles. The third kappa shape index (κ3) is 5.26. The van der Waals surface area contributed by atoms with E-state index in [2.05, 4.69) is 118 Å². The zero-order valence-corrected chi connectivity index (χ0v) is 22.7. The minimum Gasteiger partial charge on any atom is -0.0648 e. The molecule has 3 rings (SSSR count). The largest absolute Gasteiger partial charge is 0.0648 e. The fourth-order valence-electron chi connectivity index (χ4n) is 5.02. The third-order valence-corrected chi connectivity index (χ3v) is 7.26. The Morgan fingerprint density at radius 2 is 1.42 bits per heavy atom. The van der Waals surface area contributed by atoms with Crippen LogP contribution in [0.4, 0.5) is 0 Å². The normalized spacial score (nSPS) is 12.9. The van der Waals surface area contributed by atoms with E-state index >= 15 is 0 Å². The Labute approximate surface area is 203 Å². The van der Waals surface area contributed by atoms with Crippen LogP contribution in [0.2, 0.25) is 0 Å². The van der Waals surface area contributed by atoms with E-state index in [9.17, 15) is 0 Å². The summed E-state index contributed by atoms with van der Waals surface area (Å²) < 4.78 is 0. The molecule has 0 heteroatoms. The van der Waals surface area contributed by atoms with Gasteiger partial charge in [-0.3, -0.25) is 0 Å². The van der Waals surface area contributed by atoms with Gasteiger partial charge in [-0.2, -0.15) is 0 Å². The fraction of sp³-hybridized carbons (Fsp3) is 0.455. The highest BCUT2D eigenvalue weighted by atomic mass is 14.3. The molecular formula is C33H44. The molecule has 0 nitrogen and oxygen atoms in total. The fourth-order valence-corrected chi connectivity index (χ4v) is 5.02. The Hall–Kier alpha value is -2.34. The summed E-state index contributed by atoms with van der Waals surface area (Å²) in [6.45, 7) is 23.1. The van der Waals surface area contributed by atoms with Gasteiger partial charge in [-0.05, 0) is 106 Å². The molecule has 3 aromatic rings. The molecule has 0 N–H and O–H groups in total. The number of rotatable bonds is 6. The number of aryl methyl sites for hydroxylation is 3. The smallest absolute Gasteiger partial charge is 0.0117 e. The van der Waals surface area contributed by atoms with Gasteiger partial charge in [0.05, 0.1) is 0 Å². The van der Waals surface area contributed by atoms with Crippen molar-refractivity contribution in [2.24, 2.45) is 0 Å². The van der Waals surface area contributed by atoms with Crippen LogP contribution < -0.4 is 0 Å². The molecule has 1 atom stereocenters. The van der Waals surface area contributed by atoms with Crippen molar-refractivity contribution in [2.75, 3.05) is 0 Å². The molecule has 0 bridgehead atoms. The second-order valence-corrected chi connectivity index (χ2v) is 11.3. The van der Waals surface area contributed by atoms with Crippen molar-refractivity contribution in [2.45, 2.75) is 99.3 Å². The summed E-state index contributed by atoms with van der Waals surface area (Å²) in [7, 11) is 0. The van der Waals surface area contributed by atoms with E-state index in [0.29, 0.717) is 11.8 Å². The highest BCUT2D eigenvalue weighted by molar-refractivity contribution is 5.81. The van der Waals surface area contributed by atoms with Crippen LogP contribution in [0.1, 0.15) is 107 Å². The lowest BCUT2D eigenvalue weighted by atomic mass is 9.76. The Balaban J connectivity index is 2.34. The lowest BCUT2D eigenvalue weighted by Crippen LogP contribution is -2.14. The molecule has 0 spiro atoms. The van der Waals surface area contributed by atoms with Crippen molar-refractivity contribution < 1.29 is 0 Å². The minimum absolute atomic E-state index is 0.0511. The average Bonchev–Trinajstić information content (AvgIpc) is 2.76. The molecule has 0 aliphatic rings. The molecule has 0 amide bonds. The van der Waals surface area contributed by atoms with E-state index in [1.165, 1.54) is 55.6 Å². The van der Waals surface area contributed by atoms with Crippen LogP contribution >= 0.6 is 0 Å². The van der Waals surface area contributed by atoms with E-state index in [4.69, 9.17) is 0 Å². The van der Waals surface area contributed by atoms with Gasteiger partial charge in [0.15, 0.2) is 0 Å². The van der Waals surface area contributed by atoms with Crippen LogP contribution in [0.15, 0.2) is 48.5 Å². The van der Waals surface area contributed by atoms with Gasteiger partial charge in [0.1, 0.15) is 0 Å². The van der Waals surface area contributed by atoms with Crippen LogP contribution in [0.3, 0.4) is 0 Å². The molecule has 0 saturated heterocycles. The first-order valence-electron chi connectivity index (χ1n) is 12.9. The van der Waals surface area contributed by atoms with Crippen LogP contribution in [0.25, 0.3) is 22.3 Å². The van der Waals surface area contributed by atoms with Gasteiger partial charge >= 0.3 is 0 Å². The molecule has 0 aromatic heterocycles. The van der Waals surface area contributed by atoms with Gasteiger partial charge in [-0.15, -0.1) is 0 Å². The lowest BCUT2D eigenvalue weighted by molar-refractivity contribution is 0.591. The molecular weight excluding hydrogens is 396 g/mol. The molecule has 33 heavy (non-hydrogen) atoms. The molecule has 1 unspecified atom stereocenters. The van der Waals surface area contributed by atoms with Crippen molar-refractivity contribution in [1.82, 2.24) is 0 Å². The van der Waals surface area contributed by atoms with Crippen molar-refractivity contribution in [3.05, 3.63) is 81.9 Å². The van der Waals surface area contributed by atoms with E-state index in [-0.39, 0.29) is 5.41 Å². The van der Waals surface area contributed by atoms with Crippen LogP contribution in [0.5, 0.6) is 0 Å². The second-order valence-electron chi connectivity index (χ2n) is 11.3. The zero-order chi connectivity index (χ0) is 24.5. The summed E-state index contributed by atoms with van der Waals surface area (Å²) >= 11 is 0. The van der Waals surface area contributed by atoms with Crippen LogP contribution in [-0.2, 0) is 11.8 Å². The summed E-state index contributed by atoms with van der Waals surface area (Å²) in [6.07, 6.45) is 2.22. The van der Waals surface area contributed by atoms with Gasteiger partial charge in [-0.25, -0.2) is 0 Å². The van der Waals surface area contributed by atoms with Crippen molar-refractivity contribution in [3.63, 3.8) is 0 Å². The van der Waals surface area contributed by atoms with Gasteiger partial charge in [0.25, 0.3) is 0 Å². The SMILES string of the molecule is CCc1cc(-c2c(C)cc(-c3c(C)cccc3C(C)CC)cc2C(C)(C)C)cc(C(C)C)c1. The third-order valence-electron chi connectivity index (χ3n) is 7.26. The minimum atomic E-state index is 0.0511. The molecule has 0 saturated carbocycles. The van der Waals surface area contributed by atoms with E-state index in [1.807, 2.05) is 0 Å². The summed E-state index contributed by atoms with van der Waals surface area (Å²) in [5.74, 6) is 1.07. The molecule has 176 valence electrons.